The van der Waals surface area contributed by atoms with Crippen LogP contribution in [0.15, 0.2) is 10.6 Å². The molecule has 3 saturated heterocycles. The number of carboxylic acid groups (broad SMARTS) is 1. The van der Waals surface area contributed by atoms with Gasteiger partial charge in [0.15, 0.2) is 0 Å². The number of piperazine rings is 1. The number of halogens is 1. The van der Waals surface area contributed by atoms with Gasteiger partial charge in [0.25, 0.3) is 0 Å². The molecule has 0 bridgehead atoms. The molecule has 4 aliphatic rings. The molecule has 0 spiro atoms. The number of fused-ring (bicyclic) bond motifs is 1. The van der Waals surface area contributed by atoms with Crippen molar-refractivity contribution in [3.63, 3.8) is 0 Å². The van der Waals surface area contributed by atoms with Crippen molar-refractivity contribution in [1.29, 1.82) is 0 Å². The van der Waals surface area contributed by atoms with E-state index < -0.39 is 18.0 Å². The molecule has 31 heavy (non-hydrogen) atoms. The van der Waals surface area contributed by atoms with Gasteiger partial charge in [0, 0.05) is 48.3 Å². The first kappa shape index (κ1) is 24.3. The fourth-order valence-electron chi connectivity index (χ4n) is 5.21. The Morgan fingerprint density at radius 2 is 1.97 bits per heavy atom. The van der Waals surface area contributed by atoms with Gasteiger partial charge < -0.3 is 30.6 Å². The molecule has 0 aromatic heterocycles. The highest BCUT2D eigenvalue weighted by atomic mass is 35.5. The van der Waals surface area contributed by atoms with Crippen LogP contribution in [0.1, 0.15) is 27.2 Å². The highest BCUT2D eigenvalue weighted by molar-refractivity contribution is 8.03. The number of nitrogens with one attached hydrogen (secondary N) is 2. The molecular formula is C20H31ClN4O5S. The quantitative estimate of drug-likeness (QED) is 0.406. The molecule has 0 aliphatic carbocycles. The average Bonchev–Trinajstić information content (AvgIpc) is 3.24. The number of aliphatic carboxylic acids is 1. The minimum absolute atomic E-state index is 0. The number of carboxylic acids is 1. The zero-order valence-electron chi connectivity index (χ0n) is 17.9. The van der Waals surface area contributed by atoms with Crippen LogP contribution in [0.2, 0.25) is 0 Å². The average molecular weight is 475 g/mol. The maximum absolute atomic E-state index is 12.9. The van der Waals surface area contributed by atoms with E-state index in [0.717, 1.165) is 13.1 Å². The summed E-state index contributed by atoms with van der Waals surface area (Å²) in [5.41, 5.74) is 0.0462. The number of rotatable bonds is 5. The van der Waals surface area contributed by atoms with Crippen LogP contribution in [0.5, 0.6) is 0 Å². The number of hydrogen-bond donors (Lipinski definition) is 4. The fourth-order valence-corrected chi connectivity index (χ4v) is 6.69. The molecule has 4 N–H and O–H groups in total. The first-order valence-electron chi connectivity index (χ1n) is 10.6. The Balaban J connectivity index is 0.00000272. The molecule has 4 aliphatic heterocycles. The number of aliphatic hydroxyl groups excluding tert-OH is 1. The number of nitrogens with zero attached hydrogens (tertiary/aromatic N) is 2. The van der Waals surface area contributed by atoms with Gasteiger partial charge in [-0.05, 0) is 20.3 Å². The van der Waals surface area contributed by atoms with Crippen molar-refractivity contribution in [2.75, 3.05) is 26.2 Å². The molecule has 0 aromatic carbocycles. The molecule has 11 heteroatoms. The Bertz CT molecular complexity index is 794. The van der Waals surface area contributed by atoms with Crippen molar-refractivity contribution >= 4 is 42.0 Å². The predicted octanol–water partition coefficient (Wildman–Crippen LogP) is -0.154. The summed E-state index contributed by atoms with van der Waals surface area (Å²) in [6.45, 7) is 8.43. The zero-order valence-corrected chi connectivity index (χ0v) is 19.5. The van der Waals surface area contributed by atoms with Crippen LogP contribution >= 0.6 is 24.2 Å². The molecule has 4 rings (SSSR count). The largest absolute Gasteiger partial charge is 0.477 e. The van der Waals surface area contributed by atoms with Crippen LogP contribution < -0.4 is 10.6 Å². The topological polar surface area (TPSA) is 122 Å². The van der Waals surface area contributed by atoms with Crippen LogP contribution in [-0.4, -0.2) is 93.5 Å². The Kier molecular flexibility index (Phi) is 7.27. The molecular weight excluding hydrogens is 444 g/mol. The molecule has 7 atom stereocenters. The summed E-state index contributed by atoms with van der Waals surface area (Å²) < 4.78 is 0. The first-order chi connectivity index (χ1) is 14.2. The summed E-state index contributed by atoms with van der Waals surface area (Å²) >= 11 is 1.47. The maximum Gasteiger partial charge on any atom is 0.353 e. The SMILES string of the molecule is C[C@@H](O)[C@H]1C(=O)N2C(C(=O)O)=C(S[C@@H]3CN[C@H](C(=O)N4CCNC[C@@H]4C)C3)[C@H](C)[C@H]12.Cl. The third kappa shape index (κ3) is 4.08. The van der Waals surface area contributed by atoms with Gasteiger partial charge in [0.1, 0.15) is 5.70 Å². The molecule has 3 fully saturated rings. The normalized spacial score (nSPS) is 36.1. The van der Waals surface area contributed by atoms with E-state index in [9.17, 15) is 24.6 Å². The molecule has 0 unspecified atom stereocenters. The summed E-state index contributed by atoms with van der Waals surface area (Å²) in [6.07, 6.45) is -0.182. The number of carbonyl (C=O) groups excluding carboxylic acids is 2. The number of carbonyl (C=O) groups is 3. The van der Waals surface area contributed by atoms with E-state index >= 15 is 0 Å². The molecule has 4 heterocycles. The summed E-state index contributed by atoms with van der Waals surface area (Å²) in [6, 6.07) is -0.417. The van der Waals surface area contributed by atoms with Crippen LogP contribution in [0.25, 0.3) is 0 Å². The number of hydrogen-bond acceptors (Lipinski definition) is 7. The van der Waals surface area contributed by atoms with Crippen LogP contribution in [-0.2, 0) is 14.4 Å². The van der Waals surface area contributed by atoms with Crippen molar-refractivity contribution in [3.05, 3.63) is 10.6 Å². The van der Waals surface area contributed by atoms with E-state index in [-0.39, 0.29) is 59.2 Å². The fraction of sp³-hybridized carbons (Fsp3) is 0.750. The first-order valence-corrected chi connectivity index (χ1v) is 11.5. The van der Waals surface area contributed by atoms with Crippen LogP contribution in [0, 0.1) is 11.8 Å². The maximum atomic E-state index is 12.9. The minimum atomic E-state index is -1.11. The van der Waals surface area contributed by atoms with E-state index in [1.807, 2.05) is 18.7 Å². The van der Waals surface area contributed by atoms with Gasteiger partial charge in [-0.15, -0.1) is 24.2 Å². The lowest BCUT2D eigenvalue weighted by molar-refractivity contribution is -0.163. The molecule has 0 radical (unpaired) electrons. The van der Waals surface area contributed by atoms with Gasteiger partial charge in [0.2, 0.25) is 11.8 Å². The highest BCUT2D eigenvalue weighted by Gasteiger charge is 2.60. The smallest absolute Gasteiger partial charge is 0.353 e. The Morgan fingerprint density at radius 1 is 1.26 bits per heavy atom. The number of β-lactam (4-membered cyclic amide) rings is 1. The molecule has 2 amide bonds. The second kappa shape index (κ2) is 9.27. The second-order valence-corrected chi connectivity index (χ2v) is 10.1. The minimum Gasteiger partial charge on any atom is -0.477 e. The Morgan fingerprint density at radius 3 is 2.58 bits per heavy atom. The highest BCUT2D eigenvalue weighted by Crippen LogP contribution is 2.51. The second-order valence-electron chi connectivity index (χ2n) is 8.79. The standard InChI is InChI=1S/C20H30N4O5S.ClH/c1-9-7-21-4-5-23(9)18(26)13-6-12(8-22-13)30-17-10(2)15-14(11(3)25)19(27)24(15)16(17)20(28)29;/h9-15,21-22,25H,4-8H2,1-3H3,(H,28,29);1H/t9-,10+,11+,12-,13-,14+,15+;/m0./s1. The van der Waals surface area contributed by atoms with Crippen molar-refractivity contribution < 1.29 is 24.6 Å². The van der Waals surface area contributed by atoms with Crippen molar-refractivity contribution in [3.8, 4) is 0 Å². The predicted molar refractivity (Wildman–Crippen MR) is 119 cm³/mol. The lowest BCUT2D eigenvalue weighted by Gasteiger charge is -2.46. The number of aliphatic hydroxyl groups is 1. The van der Waals surface area contributed by atoms with Gasteiger partial charge in [0.05, 0.1) is 24.1 Å². The molecule has 0 aromatic rings. The molecule has 174 valence electrons. The van der Waals surface area contributed by atoms with E-state index in [2.05, 4.69) is 10.6 Å². The van der Waals surface area contributed by atoms with Crippen molar-refractivity contribution in [1.82, 2.24) is 20.4 Å². The van der Waals surface area contributed by atoms with E-state index in [1.54, 1.807) is 6.92 Å². The van der Waals surface area contributed by atoms with Crippen LogP contribution in [0.3, 0.4) is 0 Å². The molecule has 9 nitrogen and oxygen atoms in total. The summed E-state index contributed by atoms with van der Waals surface area (Å²) in [4.78, 5) is 41.3. The van der Waals surface area contributed by atoms with Crippen LogP contribution in [0.4, 0.5) is 0 Å². The van der Waals surface area contributed by atoms with E-state index in [4.69, 9.17) is 0 Å². The van der Waals surface area contributed by atoms with Gasteiger partial charge in [-0.2, -0.15) is 0 Å². The Hall–Kier alpha value is -1.33. The summed E-state index contributed by atoms with van der Waals surface area (Å²) in [7, 11) is 0. The number of amides is 2. The van der Waals surface area contributed by atoms with Crippen molar-refractivity contribution in [2.45, 2.75) is 56.7 Å². The van der Waals surface area contributed by atoms with Crippen molar-refractivity contribution in [2.24, 2.45) is 11.8 Å². The van der Waals surface area contributed by atoms with Gasteiger partial charge in [-0.25, -0.2) is 4.79 Å². The van der Waals surface area contributed by atoms with Gasteiger partial charge in [-0.1, -0.05) is 6.92 Å². The summed E-state index contributed by atoms with van der Waals surface area (Å²) in [5, 5.41) is 26.4. The molecule has 0 saturated carbocycles. The van der Waals surface area contributed by atoms with E-state index in [1.165, 1.54) is 16.7 Å². The lowest BCUT2D eigenvalue weighted by atomic mass is 9.79. The third-order valence-electron chi connectivity index (χ3n) is 6.78. The Labute approximate surface area is 192 Å². The monoisotopic (exact) mass is 474 g/mol. The van der Waals surface area contributed by atoms with E-state index in [0.29, 0.717) is 24.4 Å². The number of thioether (sulfide) groups is 1. The summed E-state index contributed by atoms with van der Waals surface area (Å²) in [5.74, 6) is -2.04. The third-order valence-corrected chi connectivity index (χ3v) is 8.29. The zero-order chi connectivity index (χ0) is 21.7. The van der Waals surface area contributed by atoms with Gasteiger partial charge >= 0.3 is 5.97 Å². The lowest BCUT2D eigenvalue weighted by Crippen LogP contribution is -2.63. The van der Waals surface area contributed by atoms with Gasteiger partial charge in [-0.3, -0.25) is 9.59 Å².